The van der Waals surface area contributed by atoms with E-state index in [1.807, 2.05) is 24.3 Å². The molecule has 0 aliphatic heterocycles. The third-order valence-electron chi connectivity index (χ3n) is 3.62. The molecule has 2 aromatic carbocycles. The molecule has 0 saturated carbocycles. The van der Waals surface area contributed by atoms with Crippen LogP contribution in [0, 0.1) is 5.82 Å². The van der Waals surface area contributed by atoms with E-state index in [9.17, 15) is 9.18 Å². The standard InChI is InChI=1S/C17H15BrFN5O/c1-23(10-13-4-2-3-5-15(13)18)16(25)11-24-21-17(20-22-24)12-6-8-14(19)9-7-12/h2-9H,10-11H2,1H3. The Bertz CT molecular complexity index is 881. The van der Waals surface area contributed by atoms with Crippen LogP contribution in [0.15, 0.2) is 53.0 Å². The van der Waals surface area contributed by atoms with Crippen LogP contribution < -0.4 is 0 Å². The van der Waals surface area contributed by atoms with Crippen molar-refractivity contribution in [3.8, 4) is 11.4 Å². The molecule has 0 saturated heterocycles. The zero-order valence-electron chi connectivity index (χ0n) is 13.4. The number of carbonyl (C=O) groups excluding carboxylic acids is 1. The number of tetrazole rings is 1. The van der Waals surface area contributed by atoms with Gasteiger partial charge in [0.25, 0.3) is 0 Å². The third-order valence-corrected chi connectivity index (χ3v) is 4.40. The summed E-state index contributed by atoms with van der Waals surface area (Å²) in [6.45, 7) is 0.453. The second-order valence-corrected chi connectivity index (χ2v) is 6.35. The Morgan fingerprint density at radius 3 is 2.64 bits per heavy atom. The number of rotatable bonds is 5. The van der Waals surface area contributed by atoms with Gasteiger partial charge < -0.3 is 4.90 Å². The number of amides is 1. The fraction of sp³-hybridized carbons (Fsp3) is 0.176. The lowest BCUT2D eigenvalue weighted by molar-refractivity contribution is -0.131. The van der Waals surface area contributed by atoms with Crippen molar-refractivity contribution in [2.75, 3.05) is 7.05 Å². The first kappa shape index (κ1) is 17.2. The zero-order valence-corrected chi connectivity index (χ0v) is 15.0. The second-order valence-electron chi connectivity index (χ2n) is 5.49. The maximum absolute atomic E-state index is 13.0. The Labute approximate surface area is 152 Å². The first-order valence-electron chi connectivity index (χ1n) is 7.54. The van der Waals surface area contributed by atoms with Crippen LogP contribution in [0.4, 0.5) is 4.39 Å². The maximum atomic E-state index is 13.0. The van der Waals surface area contributed by atoms with E-state index < -0.39 is 0 Å². The van der Waals surface area contributed by atoms with Crippen molar-refractivity contribution < 1.29 is 9.18 Å². The van der Waals surface area contributed by atoms with Gasteiger partial charge >= 0.3 is 0 Å². The van der Waals surface area contributed by atoms with E-state index in [4.69, 9.17) is 0 Å². The summed E-state index contributed by atoms with van der Waals surface area (Å²) in [6.07, 6.45) is 0. The van der Waals surface area contributed by atoms with Crippen LogP contribution in [0.25, 0.3) is 11.4 Å². The Morgan fingerprint density at radius 2 is 1.92 bits per heavy atom. The molecule has 0 spiro atoms. The van der Waals surface area contributed by atoms with E-state index in [2.05, 4.69) is 31.3 Å². The Hall–Kier alpha value is -2.61. The van der Waals surface area contributed by atoms with Crippen LogP contribution in [0.5, 0.6) is 0 Å². The zero-order chi connectivity index (χ0) is 17.8. The number of likely N-dealkylation sites (N-methyl/N-ethyl adjacent to an activating group) is 1. The lowest BCUT2D eigenvalue weighted by Gasteiger charge is -2.17. The molecule has 0 aliphatic carbocycles. The number of hydrogen-bond acceptors (Lipinski definition) is 4. The maximum Gasteiger partial charge on any atom is 0.246 e. The van der Waals surface area contributed by atoms with Crippen LogP contribution in [-0.2, 0) is 17.9 Å². The molecular weight excluding hydrogens is 389 g/mol. The molecule has 25 heavy (non-hydrogen) atoms. The summed E-state index contributed by atoms with van der Waals surface area (Å²) in [7, 11) is 1.72. The number of nitrogens with zero attached hydrogens (tertiary/aromatic N) is 5. The molecule has 8 heteroatoms. The molecule has 6 nitrogen and oxygen atoms in total. The normalized spacial score (nSPS) is 10.7. The van der Waals surface area contributed by atoms with Gasteiger partial charge in [-0.1, -0.05) is 34.1 Å². The third kappa shape index (κ3) is 4.27. The highest BCUT2D eigenvalue weighted by molar-refractivity contribution is 9.10. The minimum absolute atomic E-state index is 0.0187. The van der Waals surface area contributed by atoms with Crippen molar-refractivity contribution in [2.45, 2.75) is 13.1 Å². The molecule has 3 rings (SSSR count). The van der Waals surface area contributed by atoms with Crippen LogP contribution in [0.3, 0.4) is 0 Å². The van der Waals surface area contributed by atoms with E-state index in [1.54, 1.807) is 24.1 Å². The molecule has 0 N–H and O–H groups in total. The van der Waals surface area contributed by atoms with E-state index in [-0.39, 0.29) is 18.3 Å². The number of benzene rings is 2. The van der Waals surface area contributed by atoms with Crippen LogP contribution in [0.2, 0.25) is 0 Å². The molecule has 128 valence electrons. The van der Waals surface area contributed by atoms with Crippen LogP contribution in [-0.4, -0.2) is 38.1 Å². The fourth-order valence-corrected chi connectivity index (χ4v) is 2.65. The second kappa shape index (κ2) is 7.52. The number of halogens is 2. The van der Waals surface area contributed by atoms with Gasteiger partial charge in [-0.05, 0) is 41.1 Å². The highest BCUT2D eigenvalue weighted by atomic mass is 79.9. The molecule has 0 bridgehead atoms. The van der Waals surface area contributed by atoms with Crippen LogP contribution >= 0.6 is 15.9 Å². The lowest BCUT2D eigenvalue weighted by atomic mass is 10.2. The summed E-state index contributed by atoms with van der Waals surface area (Å²) >= 11 is 3.47. The van der Waals surface area contributed by atoms with Crippen molar-refractivity contribution in [2.24, 2.45) is 0 Å². The summed E-state index contributed by atoms with van der Waals surface area (Å²) in [4.78, 5) is 15.2. The van der Waals surface area contributed by atoms with Gasteiger partial charge in [-0.2, -0.15) is 4.80 Å². The van der Waals surface area contributed by atoms with Gasteiger partial charge in [-0.25, -0.2) is 4.39 Å². The molecule has 0 radical (unpaired) electrons. The molecule has 0 fully saturated rings. The average Bonchev–Trinajstić information content (AvgIpc) is 3.06. The lowest BCUT2D eigenvalue weighted by Crippen LogP contribution is -2.30. The molecule has 1 aromatic heterocycles. The average molecular weight is 404 g/mol. The van der Waals surface area contributed by atoms with Crippen molar-refractivity contribution >= 4 is 21.8 Å². The molecule has 1 heterocycles. The Morgan fingerprint density at radius 1 is 1.20 bits per heavy atom. The van der Waals surface area contributed by atoms with Crippen molar-refractivity contribution in [1.29, 1.82) is 0 Å². The first-order valence-corrected chi connectivity index (χ1v) is 8.33. The van der Waals surface area contributed by atoms with Gasteiger partial charge in [-0.3, -0.25) is 4.79 Å². The predicted octanol–water partition coefficient (Wildman–Crippen LogP) is 2.90. The minimum atomic E-state index is -0.333. The molecule has 0 atom stereocenters. The number of carbonyl (C=O) groups is 1. The van der Waals surface area contributed by atoms with Gasteiger partial charge in [0.15, 0.2) is 0 Å². The minimum Gasteiger partial charge on any atom is -0.340 e. The van der Waals surface area contributed by atoms with E-state index >= 15 is 0 Å². The van der Waals surface area contributed by atoms with Gasteiger partial charge in [0, 0.05) is 23.6 Å². The topological polar surface area (TPSA) is 63.9 Å². The quantitative estimate of drug-likeness (QED) is 0.656. The fourth-order valence-electron chi connectivity index (χ4n) is 2.24. The van der Waals surface area contributed by atoms with Crippen LogP contribution in [0.1, 0.15) is 5.56 Å². The summed E-state index contributed by atoms with van der Waals surface area (Å²) in [5.74, 6) is -0.125. The van der Waals surface area contributed by atoms with Gasteiger partial charge in [0.05, 0.1) is 0 Å². The number of aromatic nitrogens is 4. The SMILES string of the molecule is CN(Cc1ccccc1Br)C(=O)Cn1nnc(-c2ccc(F)cc2)n1. The monoisotopic (exact) mass is 403 g/mol. The summed E-state index contributed by atoms with van der Waals surface area (Å²) in [6, 6.07) is 13.5. The largest absolute Gasteiger partial charge is 0.340 e. The van der Waals surface area contributed by atoms with Gasteiger partial charge in [0.1, 0.15) is 12.4 Å². The van der Waals surface area contributed by atoms with Gasteiger partial charge in [0.2, 0.25) is 11.7 Å². The molecule has 3 aromatic rings. The number of hydrogen-bond donors (Lipinski definition) is 0. The first-order chi connectivity index (χ1) is 12.0. The van der Waals surface area contributed by atoms with Gasteiger partial charge in [-0.15, -0.1) is 10.2 Å². The van der Waals surface area contributed by atoms with Crippen molar-refractivity contribution in [1.82, 2.24) is 25.1 Å². The summed E-state index contributed by atoms with van der Waals surface area (Å²) < 4.78 is 13.9. The van der Waals surface area contributed by atoms with Crippen molar-refractivity contribution in [3.63, 3.8) is 0 Å². The van der Waals surface area contributed by atoms with E-state index in [0.29, 0.717) is 17.9 Å². The summed E-state index contributed by atoms with van der Waals surface area (Å²) in [5.41, 5.74) is 1.65. The molecule has 0 aliphatic rings. The smallest absolute Gasteiger partial charge is 0.246 e. The highest BCUT2D eigenvalue weighted by Crippen LogP contribution is 2.17. The Balaban J connectivity index is 1.65. The Kier molecular flexibility index (Phi) is 5.18. The van der Waals surface area contributed by atoms with Crippen molar-refractivity contribution in [3.05, 3.63) is 64.4 Å². The highest BCUT2D eigenvalue weighted by Gasteiger charge is 2.14. The van der Waals surface area contributed by atoms with E-state index in [0.717, 1.165) is 10.0 Å². The van der Waals surface area contributed by atoms with E-state index in [1.165, 1.54) is 16.9 Å². The summed E-state index contributed by atoms with van der Waals surface area (Å²) in [5, 5.41) is 12.0. The molecule has 0 unspecified atom stereocenters. The molecule has 1 amide bonds. The molecular formula is C17H15BrFN5O. The predicted molar refractivity (Wildman–Crippen MR) is 93.8 cm³/mol.